The summed E-state index contributed by atoms with van der Waals surface area (Å²) in [5, 5.41) is 0. The Morgan fingerprint density at radius 3 is 1.20 bits per heavy atom. The zero-order chi connectivity index (χ0) is 16.4. The second kappa shape index (κ2) is 21.8. The second-order valence-corrected chi connectivity index (χ2v) is 11.7. The minimum absolute atomic E-state index is 0.432. The summed E-state index contributed by atoms with van der Waals surface area (Å²) in [5.74, 6) is -0.864. The summed E-state index contributed by atoms with van der Waals surface area (Å²) in [6.45, 7) is 4.16. The molecule has 0 saturated heterocycles. The predicted octanol–water partition coefficient (Wildman–Crippen LogP) is 6.36. The number of hydrogen-bond acceptors (Lipinski definition) is 2. The summed E-state index contributed by atoms with van der Waals surface area (Å²) in [7, 11) is 14.9. The molecule has 2 N–H and O–H groups in total. The third-order valence-corrected chi connectivity index (χ3v) is 2.01. The number of nitrogens with one attached hydrogen (secondary N) is 2. The van der Waals surface area contributed by atoms with E-state index in [9.17, 15) is 9.59 Å². The Morgan fingerprint density at radius 2 is 1.05 bits per heavy atom. The predicted molar refractivity (Wildman–Crippen MR) is 84.5 cm³/mol. The van der Waals surface area contributed by atoms with Crippen molar-refractivity contribution in [1.29, 1.82) is 0 Å². The SMILES string of the molecule is CCCCCC([NH-])=O.CCCCCC([NH-])=O.[Cl][Ti]([Cl])[Cl]. The fourth-order valence-electron chi connectivity index (χ4n) is 1.07. The van der Waals surface area contributed by atoms with E-state index in [1.54, 1.807) is 0 Å². The van der Waals surface area contributed by atoms with E-state index in [2.05, 4.69) is 13.8 Å². The van der Waals surface area contributed by atoms with Crippen LogP contribution in [0.15, 0.2) is 0 Å². The van der Waals surface area contributed by atoms with Crippen LogP contribution in [0.4, 0.5) is 0 Å². The van der Waals surface area contributed by atoms with E-state index in [-0.39, 0.29) is 0 Å². The van der Waals surface area contributed by atoms with Gasteiger partial charge in [0.05, 0.1) is 0 Å². The Morgan fingerprint density at radius 1 is 0.800 bits per heavy atom. The minimum atomic E-state index is -1.92. The van der Waals surface area contributed by atoms with Crippen LogP contribution in [0.2, 0.25) is 0 Å². The van der Waals surface area contributed by atoms with Crippen LogP contribution in [-0.4, -0.2) is 11.8 Å². The normalized spacial score (nSPS) is 8.65. The molecule has 0 aliphatic carbocycles. The zero-order valence-corrected chi connectivity index (χ0v) is 15.9. The summed E-state index contributed by atoms with van der Waals surface area (Å²) in [6, 6.07) is 0. The Labute approximate surface area is 140 Å². The molecule has 20 heavy (non-hydrogen) atoms. The van der Waals surface area contributed by atoms with Gasteiger partial charge in [0.2, 0.25) is 0 Å². The molecular formula is C12H24Cl3N2O2Ti-2. The second-order valence-electron chi connectivity index (χ2n) is 3.97. The first-order valence-corrected chi connectivity index (χ1v) is 13.0. The van der Waals surface area contributed by atoms with Crippen LogP contribution in [0.3, 0.4) is 0 Å². The summed E-state index contributed by atoms with van der Waals surface area (Å²) in [4.78, 5) is 20.0. The van der Waals surface area contributed by atoms with Gasteiger partial charge >= 0.3 is 42.6 Å². The Kier molecular flexibility index (Phi) is 27.8. The first-order valence-electron chi connectivity index (χ1n) is 6.60. The number of amides is 2. The van der Waals surface area contributed by atoms with Crippen molar-refractivity contribution in [2.45, 2.75) is 65.2 Å². The molecule has 2 amide bonds. The van der Waals surface area contributed by atoms with Crippen molar-refractivity contribution in [3.63, 3.8) is 0 Å². The van der Waals surface area contributed by atoms with Gasteiger partial charge < -0.3 is 21.1 Å². The molecule has 0 spiro atoms. The molecule has 0 aliphatic rings. The molecule has 121 valence electrons. The molecule has 0 fully saturated rings. The first-order chi connectivity index (χ1) is 9.27. The van der Waals surface area contributed by atoms with Crippen molar-refractivity contribution < 1.29 is 24.3 Å². The molecule has 0 saturated carbocycles. The molecule has 0 unspecified atom stereocenters. The van der Waals surface area contributed by atoms with E-state index in [0.717, 1.165) is 38.5 Å². The van der Waals surface area contributed by atoms with Gasteiger partial charge in [0, 0.05) is 11.8 Å². The Bertz CT molecular complexity index is 210. The summed E-state index contributed by atoms with van der Waals surface area (Å²) < 4.78 is 0. The maximum atomic E-state index is 9.99. The number of carbonyl (C=O) groups is 2. The van der Waals surface area contributed by atoms with E-state index in [0.29, 0.717) is 12.8 Å². The maximum absolute atomic E-state index is 9.99. The summed E-state index contributed by atoms with van der Waals surface area (Å²) in [5.41, 5.74) is 13.0. The van der Waals surface area contributed by atoms with Crippen LogP contribution in [0.25, 0.3) is 11.5 Å². The van der Waals surface area contributed by atoms with Crippen LogP contribution in [0.5, 0.6) is 0 Å². The van der Waals surface area contributed by atoms with Crippen molar-refractivity contribution in [3.05, 3.63) is 11.5 Å². The number of rotatable bonds is 8. The van der Waals surface area contributed by atoms with Gasteiger partial charge in [-0.15, -0.1) is 0 Å². The van der Waals surface area contributed by atoms with E-state index >= 15 is 0 Å². The van der Waals surface area contributed by atoms with Crippen molar-refractivity contribution in [1.82, 2.24) is 0 Å². The number of halogens is 3. The van der Waals surface area contributed by atoms with Crippen LogP contribution in [-0.2, 0) is 24.3 Å². The van der Waals surface area contributed by atoms with Gasteiger partial charge in [0.1, 0.15) is 0 Å². The average molecular weight is 383 g/mol. The van der Waals surface area contributed by atoms with Crippen LogP contribution < -0.4 is 0 Å². The van der Waals surface area contributed by atoms with Gasteiger partial charge in [-0.25, -0.2) is 0 Å². The van der Waals surface area contributed by atoms with Gasteiger partial charge in [-0.1, -0.05) is 39.5 Å². The van der Waals surface area contributed by atoms with E-state index in [1.165, 1.54) is 0 Å². The summed E-state index contributed by atoms with van der Waals surface area (Å²) >= 11 is -1.92. The fraction of sp³-hybridized carbons (Fsp3) is 0.833. The van der Waals surface area contributed by atoms with Crippen LogP contribution in [0, 0.1) is 0 Å². The Hall–Kier alpha value is 0.524. The monoisotopic (exact) mass is 381 g/mol. The van der Waals surface area contributed by atoms with E-state index < -0.39 is 26.5 Å². The molecule has 0 aromatic heterocycles. The molecule has 0 aliphatic heterocycles. The molecule has 4 nitrogen and oxygen atoms in total. The molecule has 0 radical (unpaired) electrons. The third-order valence-electron chi connectivity index (χ3n) is 2.01. The van der Waals surface area contributed by atoms with Gasteiger partial charge in [0.15, 0.2) is 0 Å². The topological polar surface area (TPSA) is 81.7 Å². The van der Waals surface area contributed by atoms with Crippen LogP contribution >= 0.6 is 27.9 Å². The van der Waals surface area contributed by atoms with Gasteiger partial charge in [-0.2, -0.15) is 0 Å². The third kappa shape index (κ3) is 51.4. The van der Waals surface area contributed by atoms with E-state index in [1.807, 2.05) is 0 Å². The molecule has 8 heteroatoms. The first kappa shape index (κ1) is 25.5. The average Bonchev–Trinajstić information content (AvgIpc) is 2.29. The van der Waals surface area contributed by atoms with Gasteiger partial charge in [0.25, 0.3) is 0 Å². The quantitative estimate of drug-likeness (QED) is 0.361. The van der Waals surface area contributed by atoms with Crippen molar-refractivity contribution in [3.8, 4) is 0 Å². The fourth-order valence-corrected chi connectivity index (χ4v) is 1.07. The van der Waals surface area contributed by atoms with Crippen molar-refractivity contribution in [2.75, 3.05) is 0 Å². The molecular weight excluding hydrogens is 358 g/mol. The number of carbonyl (C=O) groups excluding carboxylic acids is 2. The molecule has 0 atom stereocenters. The molecule has 0 bridgehead atoms. The molecule has 0 aromatic carbocycles. The Balaban J connectivity index is -0.000000230. The molecule has 0 heterocycles. The number of unbranched alkanes of at least 4 members (excludes halogenated alkanes) is 4. The standard InChI is InChI=1S/2C6H13NO.3ClH.Ti/c2*1-2-3-4-5-6(7)8;;;;/h2*2-5H2,1H3,(H2,7,8);3*1H;/q;;;;;+3/p-5. The van der Waals surface area contributed by atoms with E-state index in [4.69, 9.17) is 39.4 Å². The van der Waals surface area contributed by atoms with Crippen molar-refractivity contribution >= 4 is 39.7 Å². The molecule has 0 rings (SSSR count). The van der Waals surface area contributed by atoms with Crippen LogP contribution in [0.1, 0.15) is 65.2 Å². The summed E-state index contributed by atoms with van der Waals surface area (Å²) in [6.07, 6.45) is 7.04. The molecule has 0 aromatic rings. The van der Waals surface area contributed by atoms with Gasteiger partial charge in [-0.05, 0) is 25.7 Å². The number of hydrogen-bond donors (Lipinski definition) is 0. The van der Waals surface area contributed by atoms with Crippen molar-refractivity contribution in [2.24, 2.45) is 0 Å². The zero-order valence-electron chi connectivity index (χ0n) is 12.1. The van der Waals surface area contributed by atoms with Gasteiger partial charge in [-0.3, -0.25) is 0 Å².